The van der Waals surface area contributed by atoms with Crippen LogP contribution in [0.3, 0.4) is 0 Å². The van der Waals surface area contributed by atoms with Crippen molar-refractivity contribution in [1.29, 1.82) is 0 Å². The first-order valence-corrected chi connectivity index (χ1v) is 10.9. The molecule has 0 saturated heterocycles. The topological polar surface area (TPSA) is 76.0 Å². The average Bonchev–Trinajstić information content (AvgIpc) is 3.18. The summed E-state index contributed by atoms with van der Waals surface area (Å²) >= 11 is 6.04. The van der Waals surface area contributed by atoms with Gasteiger partial charge in [-0.2, -0.15) is 18.3 Å². The molecule has 2 aromatic carbocycles. The van der Waals surface area contributed by atoms with Crippen LogP contribution >= 0.6 is 11.6 Å². The molecule has 0 fully saturated rings. The summed E-state index contributed by atoms with van der Waals surface area (Å²) in [5.74, 6) is -1.29. The zero-order valence-electron chi connectivity index (χ0n) is 19.0. The van der Waals surface area contributed by atoms with Gasteiger partial charge in [-0.15, -0.1) is 0 Å². The van der Waals surface area contributed by atoms with Gasteiger partial charge in [0.05, 0.1) is 17.4 Å². The van der Waals surface area contributed by atoms with Crippen molar-refractivity contribution in [3.8, 4) is 5.69 Å². The molecule has 0 bridgehead atoms. The number of alkyl halides is 3. The van der Waals surface area contributed by atoms with E-state index in [9.17, 15) is 22.8 Å². The first-order valence-electron chi connectivity index (χ1n) is 10.5. The summed E-state index contributed by atoms with van der Waals surface area (Å²) in [5.41, 5.74) is -0.470. The predicted octanol–water partition coefficient (Wildman–Crippen LogP) is 6.44. The maximum atomic E-state index is 14.0. The van der Waals surface area contributed by atoms with Gasteiger partial charge in [0.15, 0.2) is 5.69 Å². The zero-order valence-corrected chi connectivity index (χ0v) is 19.8. The first kappa shape index (κ1) is 25.3. The first-order chi connectivity index (χ1) is 15.8. The molecule has 2 N–H and O–H groups in total. The number of halogens is 4. The fraction of sp³-hybridized carbons (Fsp3) is 0.292. The van der Waals surface area contributed by atoms with E-state index in [2.05, 4.69) is 15.7 Å². The maximum absolute atomic E-state index is 14.0. The second-order valence-corrected chi connectivity index (χ2v) is 9.13. The number of nitrogens with zero attached hydrogens (tertiary/aromatic N) is 2. The van der Waals surface area contributed by atoms with Crippen LogP contribution in [0.15, 0.2) is 48.7 Å². The Balaban J connectivity index is 1.96. The van der Waals surface area contributed by atoms with Crippen molar-refractivity contribution in [3.63, 3.8) is 0 Å². The quantitative estimate of drug-likeness (QED) is 0.430. The molecule has 0 unspecified atom stereocenters. The van der Waals surface area contributed by atoms with E-state index in [-0.39, 0.29) is 34.1 Å². The van der Waals surface area contributed by atoms with E-state index >= 15 is 0 Å². The number of carbonyl (C=O) groups excluding carboxylic acids is 2. The van der Waals surface area contributed by atoms with Gasteiger partial charge in [0, 0.05) is 22.8 Å². The predicted molar refractivity (Wildman–Crippen MR) is 126 cm³/mol. The van der Waals surface area contributed by atoms with Crippen LogP contribution in [0.25, 0.3) is 5.69 Å². The van der Waals surface area contributed by atoms with E-state index in [0.717, 1.165) is 11.8 Å². The number of anilines is 2. The Kier molecular flexibility index (Phi) is 7.07. The molecule has 1 aromatic heterocycles. The fourth-order valence-corrected chi connectivity index (χ4v) is 3.50. The molecule has 6 nitrogen and oxygen atoms in total. The van der Waals surface area contributed by atoms with Gasteiger partial charge in [-0.3, -0.25) is 9.59 Å². The zero-order chi connectivity index (χ0) is 25.3. The summed E-state index contributed by atoms with van der Waals surface area (Å²) in [6.07, 6.45) is -3.75. The van der Waals surface area contributed by atoms with E-state index in [4.69, 9.17) is 11.6 Å². The minimum Gasteiger partial charge on any atom is -0.326 e. The Morgan fingerprint density at radius 1 is 1.00 bits per heavy atom. The highest BCUT2D eigenvalue weighted by molar-refractivity contribution is 6.31. The molecular weight excluding hydrogens is 469 g/mol. The van der Waals surface area contributed by atoms with Crippen LogP contribution in [-0.4, -0.2) is 21.6 Å². The van der Waals surface area contributed by atoms with Gasteiger partial charge in [0.2, 0.25) is 5.91 Å². The Morgan fingerprint density at radius 2 is 1.59 bits per heavy atom. The van der Waals surface area contributed by atoms with Crippen LogP contribution in [0, 0.1) is 0 Å². The summed E-state index contributed by atoms with van der Waals surface area (Å²) in [4.78, 5) is 24.5. The van der Waals surface area contributed by atoms with Crippen molar-refractivity contribution in [2.24, 2.45) is 0 Å². The summed E-state index contributed by atoms with van der Waals surface area (Å²) in [6, 6.07) is 10.8. The van der Waals surface area contributed by atoms with Crippen LogP contribution in [0.4, 0.5) is 24.5 Å². The number of benzene rings is 2. The van der Waals surface area contributed by atoms with Gasteiger partial charge in [0.1, 0.15) is 0 Å². The Labute approximate surface area is 200 Å². The largest absolute Gasteiger partial charge is 0.434 e. The van der Waals surface area contributed by atoms with Crippen molar-refractivity contribution < 1.29 is 22.8 Å². The number of rotatable bonds is 5. The van der Waals surface area contributed by atoms with Gasteiger partial charge in [0.25, 0.3) is 5.91 Å². The molecule has 0 atom stereocenters. The van der Waals surface area contributed by atoms with Crippen LogP contribution < -0.4 is 10.6 Å². The Bertz CT molecular complexity index is 1210. The van der Waals surface area contributed by atoms with Crippen LogP contribution in [0.2, 0.25) is 5.02 Å². The van der Waals surface area contributed by atoms with Gasteiger partial charge in [-0.25, -0.2) is 4.68 Å². The molecule has 180 valence electrons. The van der Waals surface area contributed by atoms with E-state index in [1.165, 1.54) is 30.3 Å². The van der Waals surface area contributed by atoms with Crippen molar-refractivity contribution in [2.45, 2.75) is 45.7 Å². The van der Waals surface area contributed by atoms with Crippen molar-refractivity contribution >= 4 is 34.8 Å². The third-order valence-corrected chi connectivity index (χ3v) is 5.24. The highest BCUT2D eigenvalue weighted by Gasteiger charge is 2.40. The molecular formula is C24H24ClF3N4O2. The van der Waals surface area contributed by atoms with E-state index in [0.29, 0.717) is 10.4 Å². The van der Waals surface area contributed by atoms with Crippen molar-refractivity contribution in [1.82, 2.24) is 9.78 Å². The second kappa shape index (κ2) is 9.50. The molecule has 3 aromatic rings. The molecule has 0 radical (unpaired) electrons. The Hall–Kier alpha value is -3.33. The monoisotopic (exact) mass is 492 g/mol. The lowest BCUT2D eigenvalue weighted by Gasteiger charge is -2.19. The maximum Gasteiger partial charge on any atom is 0.434 e. The number of hydrogen-bond donors (Lipinski definition) is 2. The molecule has 1 heterocycles. The highest BCUT2D eigenvalue weighted by atomic mass is 35.5. The van der Waals surface area contributed by atoms with Crippen LogP contribution in [0.1, 0.15) is 55.7 Å². The molecule has 0 aliphatic carbocycles. The minimum atomic E-state index is -4.85. The fourth-order valence-electron chi connectivity index (χ4n) is 3.27. The van der Waals surface area contributed by atoms with Crippen molar-refractivity contribution in [2.75, 3.05) is 10.6 Å². The molecule has 0 aliphatic heterocycles. The number of amides is 2. The van der Waals surface area contributed by atoms with Gasteiger partial charge in [-0.1, -0.05) is 51.4 Å². The average molecular weight is 493 g/mol. The molecule has 0 spiro atoms. The summed E-state index contributed by atoms with van der Waals surface area (Å²) in [6.45, 7) is 7.65. The SMILES string of the molecule is CCC(=O)Nc1cc(Cl)cc(NC(=O)c2cnn(-c3ccc(C(C)(C)C)cc3)c2C(F)(F)F)c1. The molecule has 3 rings (SSSR count). The number of hydrogen-bond acceptors (Lipinski definition) is 3. The lowest BCUT2D eigenvalue weighted by Crippen LogP contribution is -2.21. The minimum absolute atomic E-state index is 0.124. The summed E-state index contributed by atoms with van der Waals surface area (Å²) < 4.78 is 42.7. The Morgan fingerprint density at radius 3 is 2.12 bits per heavy atom. The van der Waals surface area contributed by atoms with Crippen molar-refractivity contribution in [3.05, 3.63) is 70.5 Å². The number of nitrogens with one attached hydrogen (secondary N) is 2. The summed E-state index contributed by atoms with van der Waals surface area (Å²) in [5, 5.41) is 9.04. The third kappa shape index (κ3) is 5.77. The smallest absolute Gasteiger partial charge is 0.326 e. The highest BCUT2D eigenvalue weighted by Crippen LogP contribution is 2.35. The lowest BCUT2D eigenvalue weighted by molar-refractivity contribution is -0.143. The van der Waals surface area contributed by atoms with Gasteiger partial charge < -0.3 is 10.6 Å². The normalized spacial score (nSPS) is 11.9. The lowest BCUT2D eigenvalue weighted by atomic mass is 9.87. The standard InChI is InChI=1S/C24H24ClF3N4O2/c1-5-20(33)30-16-10-15(25)11-17(12-16)31-22(34)19-13-29-32(21(19)24(26,27)28)18-8-6-14(7-9-18)23(2,3)4/h6-13H,5H2,1-4H3,(H,30,33)(H,31,34). The van der Waals surface area contributed by atoms with E-state index in [1.807, 2.05) is 20.8 Å². The van der Waals surface area contributed by atoms with Gasteiger partial charge in [-0.05, 0) is 41.3 Å². The molecule has 10 heteroatoms. The molecule has 34 heavy (non-hydrogen) atoms. The number of aromatic nitrogens is 2. The van der Waals surface area contributed by atoms with E-state index in [1.54, 1.807) is 19.1 Å². The summed E-state index contributed by atoms with van der Waals surface area (Å²) in [7, 11) is 0. The van der Waals surface area contributed by atoms with Gasteiger partial charge >= 0.3 is 6.18 Å². The molecule has 0 aliphatic rings. The van der Waals surface area contributed by atoms with Crippen LogP contribution in [-0.2, 0) is 16.4 Å². The molecule has 0 saturated carbocycles. The van der Waals surface area contributed by atoms with Crippen LogP contribution in [0.5, 0.6) is 0 Å². The van der Waals surface area contributed by atoms with E-state index < -0.39 is 23.3 Å². The molecule has 2 amide bonds. The number of carbonyl (C=O) groups is 2. The second-order valence-electron chi connectivity index (χ2n) is 8.70. The third-order valence-electron chi connectivity index (χ3n) is 5.02.